The van der Waals surface area contributed by atoms with Crippen molar-refractivity contribution in [2.24, 2.45) is 5.84 Å². The summed E-state index contributed by atoms with van der Waals surface area (Å²) in [5.74, 6) is 4.15. The second-order valence-corrected chi connectivity index (χ2v) is 3.60. The third-order valence-electron chi connectivity index (χ3n) is 2.19. The molecule has 1 aromatic carbocycles. The first-order valence-corrected chi connectivity index (χ1v) is 5.21. The third kappa shape index (κ3) is 4.42. The zero-order valence-electron chi connectivity index (χ0n) is 10.0. The number of nitrogens with two attached hydrogens (primary N) is 1. The number of methoxy groups -OCH3 is 1. The quantitative estimate of drug-likeness (QED) is 0.480. The molecular weight excluding hydrogens is 265 g/mol. The molecule has 0 saturated heterocycles. The molecular formula is C11H13F3N2O3. The molecule has 1 atom stereocenters. The van der Waals surface area contributed by atoms with E-state index in [4.69, 9.17) is 15.3 Å². The molecule has 1 amide bonds. The smallest absolute Gasteiger partial charge is 0.416 e. The lowest BCUT2D eigenvalue weighted by Gasteiger charge is -2.17. The van der Waals surface area contributed by atoms with Gasteiger partial charge in [0.25, 0.3) is 5.91 Å². The summed E-state index contributed by atoms with van der Waals surface area (Å²) < 4.78 is 47.4. The summed E-state index contributed by atoms with van der Waals surface area (Å²) >= 11 is 0. The van der Waals surface area contributed by atoms with Crippen LogP contribution in [0.1, 0.15) is 5.56 Å². The molecule has 0 radical (unpaired) electrons. The summed E-state index contributed by atoms with van der Waals surface area (Å²) in [7, 11) is 1.33. The van der Waals surface area contributed by atoms with E-state index in [0.29, 0.717) is 0 Å². The van der Waals surface area contributed by atoms with Crippen LogP contribution in [0.15, 0.2) is 24.3 Å². The maximum Gasteiger partial charge on any atom is 0.416 e. The fraction of sp³-hybridized carbons (Fsp3) is 0.364. The van der Waals surface area contributed by atoms with Gasteiger partial charge < -0.3 is 9.47 Å². The van der Waals surface area contributed by atoms with Gasteiger partial charge in [0.1, 0.15) is 5.75 Å². The van der Waals surface area contributed by atoms with Crippen LogP contribution in [0.3, 0.4) is 0 Å². The van der Waals surface area contributed by atoms with Crippen LogP contribution in [-0.2, 0) is 15.7 Å². The number of alkyl halides is 3. The first-order valence-electron chi connectivity index (χ1n) is 5.21. The van der Waals surface area contributed by atoms with Crippen molar-refractivity contribution in [3.05, 3.63) is 29.8 Å². The average Bonchev–Trinajstić information content (AvgIpc) is 2.36. The molecule has 0 fully saturated rings. The van der Waals surface area contributed by atoms with Gasteiger partial charge in [-0.3, -0.25) is 10.2 Å². The van der Waals surface area contributed by atoms with Crippen molar-refractivity contribution in [2.75, 3.05) is 13.7 Å². The largest absolute Gasteiger partial charge is 0.478 e. The second-order valence-electron chi connectivity index (χ2n) is 3.60. The number of benzene rings is 1. The fourth-order valence-corrected chi connectivity index (χ4v) is 1.32. The number of amides is 1. The Balaban J connectivity index is 2.88. The molecule has 0 spiro atoms. The lowest BCUT2D eigenvalue weighted by molar-refractivity contribution is -0.137. The summed E-state index contributed by atoms with van der Waals surface area (Å²) in [6, 6.07) is 4.19. The van der Waals surface area contributed by atoms with E-state index in [0.717, 1.165) is 12.1 Å². The Bertz CT molecular complexity index is 437. The van der Waals surface area contributed by atoms with Gasteiger partial charge >= 0.3 is 6.18 Å². The Labute approximate surface area is 107 Å². The highest BCUT2D eigenvalue weighted by atomic mass is 19.4. The van der Waals surface area contributed by atoms with E-state index in [1.165, 1.54) is 19.2 Å². The Kier molecular flexibility index (Phi) is 5.13. The molecule has 19 heavy (non-hydrogen) atoms. The molecule has 106 valence electrons. The Hall–Kier alpha value is -1.80. The van der Waals surface area contributed by atoms with Crippen molar-refractivity contribution >= 4 is 5.91 Å². The fourth-order valence-electron chi connectivity index (χ4n) is 1.32. The van der Waals surface area contributed by atoms with Crippen molar-refractivity contribution in [1.29, 1.82) is 0 Å². The highest BCUT2D eigenvalue weighted by molar-refractivity contribution is 5.80. The van der Waals surface area contributed by atoms with Gasteiger partial charge in [0.05, 0.1) is 12.2 Å². The van der Waals surface area contributed by atoms with Crippen molar-refractivity contribution < 1.29 is 27.4 Å². The molecule has 0 aliphatic carbocycles. The van der Waals surface area contributed by atoms with Gasteiger partial charge in [-0.25, -0.2) is 5.84 Å². The molecule has 1 rings (SSSR count). The molecule has 0 aromatic heterocycles. The lowest BCUT2D eigenvalue weighted by Crippen LogP contribution is -2.44. The van der Waals surface area contributed by atoms with E-state index in [1.807, 2.05) is 5.43 Å². The van der Waals surface area contributed by atoms with E-state index in [-0.39, 0.29) is 12.4 Å². The molecule has 0 saturated carbocycles. The standard InChI is InChI=1S/C11H13F3N2O3/c1-18-6-9(10(17)16-15)19-8-4-2-3-7(5-8)11(12,13)14/h2-5,9H,6,15H2,1H3,(H,16,17). The van der Waals surface area contributed by atoms with Crippen LogP contribution in [-0.4, -0.2) is 25.7 Å². The molecule has 5 nitrogen and oxygen atoms in total. The number of carbonyl (C=O) groups excluding carboxylic acids is 1. The zero-order chi connectivity index (χ0) is 14.5. The van der Waals surface area contributed by atoms with Gasteiger partial charge in [-0.1, -0.05) is 6.07 Å². The number of carbonyl (C=O) groups is 1. The minimum atomic E-state index is -4.48. The Morgan fingerprint density at radius 2 is 2.16 bits per heavy atom. The predicted molar refractivity (Wildman–Crippen MR) is 60.1 cm³/mol. The molecule has 1 unspecified atom stereocenters. The predicted octanol–water partition coefficient (Wildman–Crippen LogP) is 1.09. The summed E-state index contributed by atoms with van der Waals surface area (Å²) in [5, 5.41) is 0. The number of rotatable bonds is 5. The van der Waals surface area contributed by atoms with Gasteiger partial charge in [-0.2, -0.15) is 13.2 Å². The normalized spacial score (nSPS) is 12.9. The van der Waals surface area contributed by atoms with Crippen LogP contribution in [0.25, 0.3) is 0 Å². The number of nitrogens with one attached hydrogen (secondary N) is 1. The molecule has 0 aliphatic rings. The van der Waals surface area contributed by atoms with E-state index >= 15 is 0 Å². The lowest BCUT2D eigenvalue weighted by atomic mass is 10.2. The Morgan fingerprint density at radius 3 is 2.68 bits per heavy atom. The molecule has 0 bridgehead atoms. The van der Waals surface area contributed by atoms with E-state index < -0.39 is 23.8 Å². The monoisotopic (exact) mass is 278 g/mol. The molecule has 1 aromatic rings. The number of hydrazine groups is 1. The summed E-state index contributed by atoms with van der Waals surface area (Å²) in [6.07, 6.45) is -5.61. The maximum atomic E-state index is 12.5. The maximum absolute atomic E-state index is 12.5. The summed E-state index contributed by atoms with van der Waals surface area (Å²) in [4.78, 5) is 11.3. The van der Waals surface area contributed by atoms with Crippen LogP contribution in [0.5, 0.6) is 5.75 Å². The Morgan fingerprint density at radius 1 is 1.47 bits per heavy atom. The molecule has 0 aliphatic heterocycles. The van der Waals surface area contributed by atoms with Crippen LogP contribution >= 0.6 is 0 Å². The number of hydrogen-bond acceptors (Lipinski definition) is 4. The highest BCUT2D eigenvalue weighted by Crippen LogP contribution is 2.31. The minimum absolute atomic E-state index is 0.0968. The zero-order valence-corrected chi connectivity index (χ0v) is 10.0. The van der Waals surface area contributed by atoms with Crippen LogP contribution in [0, 0.1) is 0 Å². The first-order chi connectivity index (χ1) is 8.88. The van der Waals surface area contributed by atoms with Crippen LogP contribution < -0.4 is 16.0 Å². The van der Waals surface area contributed by atoms with Crippen LogP contribution in [0.2, 0.25) is 0 Å². The third-order valence-corrected chi connectivity index (χ3v) is 2.19. The van der Waals surface area contributed by atoms with E-state index in [1.54, 1.807) is 0 Å². The van der Waals surface area contributed by atoms with Crippen molar-refractivity contribution in [1.82, 2.24) is 5.43 Å². The van der Waals surface area contributed by atoms with E-state index in [2.05, 4.69) is 0 Å². The van der Waals surface area contributed by atoms with Gasteiger partial charge in [-0.05, 0) is 18.2 Å². The molecule has 3 N–H and O–H groups in total. The summed E-state index contributed by atoms with van der Waals surface area (Å²) in [6.45, 7) is -0.140. The van der Waals surface area contributed by atoms with Gasteiger partial charge in [0.2, 0.25) is 6.10 Å². The topological polar surface area (TPSA) is 73.6 Å². The second kappa shape index (κ2) is 6.39. The van der Waals surface area contributed by atoms with Crippen molar-refractivity contribution in [2.45, 2.75) is 12.3 Å². The molecule has 0 heterocycles. The van der Waals surface area contributed by atoms with Crippen molar-refractivity contribution in [3.8, 4) is 5.75 Å². The van der Waals surface area contributed by atoms with Crippen molar-refractivity contribution in [3.63, 3.8) is 0 Å². The van der Waals surface area contributed by atoms with Gasteiger partial charge in [0.15, 0.2) is 0 Å². The summed E-state index contributed by atoms with van der Waals surface area (Å²) in [5.41, 5.74) is 0.982. The SMILES string of the molecule is COCC(Oc1cccc(C(F)(F)F)c1)C(=O)NN. The number of hydrogen-bond donors (Lipinski definition) is 2. The first kappa shape index (κ1) is 15.3. The minimum Gasteiger partial charge on any atom is -0.478 e. The van der Waals surface area contributed by atoms with Crippen LogP contribution in [0.4, 0.5) is 13.2 Å². The number of halogens is 3. The average molecular weight is 278 g/mol. The highest BCUT2D eigenvalue weighted by Gasteiger charge is 2.31. The van der Waals surface area contributed by atoms with Gasteiger partial charge in [0, 0.05) is 7.11 Å². The molecule has 8 heteroatoms. The van der Waals surface area contributed by atoms with Gasteiger partial charge in [-0.15, -0.1) is 0 Å². The number of ether oxygens (including phenoxy) is 2. The van der Waals surface area contributed by atoms with E-state index in [9.17, 15) is 18.0 Å².